The Kier molecular flexibility index (Phi) is 4.68. The smallest absolute Gasteiger partial charge is 0.235 e. The maximum absolute atomic E-state index is 13.3. The van der Waals surface area contributed by atoms with Crippen LogP contribution in [0.25, 0.3) is 11.5 Å². The van der Waals surface area contributed by atoms with Crippen LogP contribution in [0.4, 0.5) is 5.88 Å². The SMILES string of the molecule is CN(C)c1oc(-c2ccccc2Cl)nc1S(=O)(=O)c1ccc2c(c1)OCCO2. The van der Waals surface area contributed by atoms with Crippen LogP contribution in [-0.4, -0.2) is 40.7 Å². The summed E-state index contributed by atoms with van der Waals surface area (Å²) in [6.45, 7) is 0.786. The second kappa shape index (κ2) is 7.03. The van der Waals surface area contributed by atoms with E-state index in [4.69, 9.17) is 25.5 Å². The molecule has 0 bridgehead atoms. The van der Waals surface area contributed by atoms with Crippen molar-refractivity contribution in [1.29, 1.82) is 0 Å². The van der Waals surface area contributed by atoms with Gasteiger partial charge in [-0.25, -0.2) is 8.42 Å². The molecule has 0 unspecified atom stereocenters. The largest absolute Gasteiger partial charge is 0.486 e. The number of halogens is 1. The molecule has 0 N–H and O–H groups in total. The number of anilines is 1. The number of hydrogen-bond donors (Lipinski definition) is 0. The number of hydrogen-bond acceptors (Lipinski definition) is 7. The van der Waals surface area contributed by atoms with E-state index in [1.807, 2.05) is 0 Å². The summed E-state index contributed by atoms with van der Waals surface area (Å²) in [5.41, 5.74) is 0.510. The van der Waals surface area contributed by atoms with Crippen molar-refractivity contribution in [3.63, 3.8) is 0 Å². The monoisotopic (exact) mass is 420 g/mol. The van der Waals surface area contributed by atoms with Gasteiger partial charge >= 0.3 is 0 Å². The van der Waals surface area contributed by atoms with Gasteiger partial charge in [0.2, 0.25) is 26.6 Å². The minimum Gasteiger partial charge on any atom is -0.486 e. The molecule has 0 atom stereocenters. The topological polar surface area (TPSA) is 81.9 Å². The van der Waals surface area contributed by atoms with Crippen molar-refractivity contribution in [2.75, 3.05) is 32.2 Å². The third-order valence-corrected chi connectivity index (χ3v) is 6.15. The van der Waals surface area contributed by atoms with Crippen LogP contribution in [0.15, 0.2) is 56.8 Å². The Balaban J connectivity index is 1.84. The lowest BCUT2D eigenvalue weighted by molar-refractivity contribution is 0.171. The number of fused-ring (bicyclic) bond motifs is 1. The zero-order chi connectivity index (χ0) is 19.9. The van der Waals surface area contributed by atoms with Crippen LogP contribution >= 0.6 is 11.6 Å². The number of benzene rings is 2. The molecule has 9 heteroatoms. The molecule has 3 aromatic rings. The predicted molar refractivity (Wildman–Crippen MR) is 104 cm³/mol. The van der Waals surface area contributed by atoms with E-state index in [1.54, 1.807) is 49.3 Å². The van der Waals surface area contributed by atoms with Gasteiger partial charge in [0.25, 0.3) is 0 Å². The van der Waals surface area contributed by atoms with Gasteiger partial charge in [0.05, 0.1) is 15.5 Å². The Labute approximate surface area is 167 Å². The van der Waals surface area contributed by atoms with Gasteiger partial charge in [-0.3, -0.25) is 0 Å². The minimum atomic E-state index is -3.97. The number of nitrogens with zero attached hydrogens (tertiary/aromatic N) is 2. The molecule has 0 aliphatic carbocycles. The van der Waals surface area contributed by atoms with Gasteiger partial charge in [-0.1, -0.05) is 23.7 Å². The Hall–Kier alpha value is -2.71. The first-order valence-corrected chi connectivity index (χ1v) is 10.3. The molecule has 146 valence electrons. The van der Waals surface area contributed by atoms with Crippen molar-refractivity contribution in [1.82, 2.24) is 4.98 Å². The number of ether oxygens (including phenoxy) is 2. The van der Waals surface area contributed by atoms with E-state index in [0.29, 0.717) is 35.3 Å². The molecule has 1 aromatic heterocycles. The fourth-order valence-corrected chi connectivity index (χ4v) is 4.41. The van der Waals surface area contributed by atoms with Crippen LogP contribution in [0.5, 0.6) is 11.5 Å². The molecule has 0 amide bonds. The van der Waals surface area contributed by atoms with Gasteiger partial charge in [0, 0.05) is 20.2 Å². The second-order valence-corrected chi connectivity index (χ2v) is 8.58. The van der Waals surface area contributed by atoms with Crippen molar-refractivity contribution >= 4 is 27.3 Å². The molecule has 7 nitrogen and oxygen atoms in total. The van der Waals surface area contributed by atoms with Crippen molar-refractivity contribution in [3.05, 3.63) is 47.5 Å². The van der Waals surface area contributed by atoms with Crippen LogP contribution in [0.3, 0.4) is 0 Å². The van der Waals surface area contributed by atoms with Crippen molar-refractivity contribution < 1.29 is 22.3 Å². The number of aromatic nitrogens is 1. The molecule has 0 radical (unpaired) electrons. The normalized spacial score (nSPS) is 13.4. The molecule has 0 fully saturated rings. The number of oxazole rings is 1. The van der Waals surface area contributed by atoms with E-state index in [-0.39, 0.29) is 21.7 Å². The van der Waals surface area contributed by atoms with E-state index >= 15 is 0 Å². The molecular formula is C19H17ClN2O5S. The minimum absolute atomic E-state index is 0.0406. The average molecular weight is 421 g/mol. The maximum atomic E-state index is 13.3. The zero-order valence-electron chi connectivity index (χ0n) is 15.2. The molecule has 2 heterocycles. The molecule has 0 saturated heterocycles. The van der Waals surface area contributed by atoms with Crippen molar-refractivity contribution in [3.8, 4) is 23.0 Å². The van der Waals surface area contributed by atoms with Crippen LogP contribution in [0.2, 0.25) is 5.02 Å². The first kappa shape index (κ1) is 18.6. The highest BCUT2D eigenvalue weighted by atomic mass is 35.5. The average Bonchev–Trinajstić information content (AvgIpc) is 3.14. The molecule has 4 rings (SSSR count). The van der Waals surface area contributed by atoms with E-state index in [2.05, 4.69) is 4.98 Å². The Morgan fingerprint density at radius 1 is 1.04 bits per heavy atom. The van der Waals surface area contributed by atoms with Crippen molar-refractivity contribution in [2.45, 2.75) is 9.92 Å². The molecule has 2 aromatic carbocycles. The third-order valence-electron chi connectivity index (χ3n) is 4.17. The van der Waals surface area contributed by atoms with E-state index < -0.39 is 9.84 Å². The van der Waals surface area contributed by atoms with Crippen LogP contribution in [-0.2, 0) is 9.84 Å². The fourth-order valence-electron chi connectivity index (χ4n) is 2.81. The highest BCUT2D eigenvalue weighted by Crippen LogP contribution is 2.38. The van der Waals surface area contributed by atoms with Gasteiger partial charge in [-0.05, 0) is 24.3 Å². The predicted octanol–water partition coefficient (Wildman–Crippen LogP) is 3.67. The van der Waals surface area contributed by atoms with Gasteiger partial charge in [-0.2, -0.15) is 4.98 Å². The maximum Gasteiger partial charge on any atom is 0.235 e. The quantitative estimate of drug-likeness (QED) is 0.636. The zero-order valence-corrected chi connectivity index (χ0v) is 16.7. The second-order valence-electron chi connectivity index (χ2n) is 6.31. The summed E-state index contributed by atoms with van der Waals surface area (Å²) in [7, 11) is -0.613. The Bertz CT molecular complexity index is 1140. The van der Waals surface area contributed by atoms with Gasteiger partial charge in [0.1, 0.15) is 13.2 Å². The number of sulfone groups is 1. The molecule has 0 spiro atoms. The van der Waals surface area contributed by atoms with E-state index in [0.717, 1.165) is 0 Å². The van der Waals surface area contributed by atoms with Gasteiger partial charge < -0.3 is 18.8 Å². The molecular weight excluding hydrogens is 404 g/mol. The summed E-state index contributed by atoms with van der Waals surface area (Å²) in [5, 5.41) is 0.224. The van der Waals surface area contributed by atoms with Crippen LogP contribution in [0, 0.1) is 0 Å². The summed E-state index contributed by atoms with van der Waals surface area (Å²) >= 11 is 6.22. The molecule has 28 heavy (non-hydrogen) atoms. The molecule has 1 aliphatic heterocycles. The van der Waals surface area contributed by atoms with Gasteiger partial charge in [0.15, 0.2) is 11.5 Å². The summed E-state index contributed by atoms with van der Waals surface area (Å²) in [5.74, 6) is 1.14. The molecule has 0 saturated carbocycles. The van der Waals surface area contributed by atoms with Crippen molar-refractivity contribution in [2.24, 2.45) is 0 Å². The number of rotatable bonds is 4. The first-order chi connectivity index (χ1) is 13.4. The third kappa shape index (κ3) is 3.18. The highest BCUT2D eigenvalue weighted by molar-refractivity contribution is 7.91. The lowest BCUT2D eigenvalue weighted by Crippen LogP contribution is -2.16. The lowest BCUT2D eigenvalue weighted by atomic mass is 10.2. The Morgan fingerprint density at radius 3 is 2.46 bits per heavy atom. The summed E-state index contributed by atoms with van der Waals surface area (Å²) in [6, 6.07) is 11.4. The summed E-state index contributed by atoms with van der Waals surface area (Å²) in [6.07, 6.45) is 0. The van der Waals surface area contributed by atoms with Crippen LogP contribution < -0.4 is 14.4 Å². The fraction of sp³-hybridized carbons (Fsp3) is 0.211. The molecule has 1 aliphatic rings. The Morgan fingerprint density at radius 2 is 1.75 bits per heavy atom. The first-order valence-electron chi connectivity index (χ1n) is 8.46. The summed E-state index contributed by atoms with van der Waals surface area (Å²) in [4.78, 5) is 5.86. The standard InChI is InChI=1S/C19H17ClN2O5S/c1-22(2)19-18(21-17(27-19)13-5-3-4-6-14(13)20)28(23,24)12-7-8-15-16(11-12)26-10-9-25-15/h3-8,11H,9-10H2,1-2H3. The van der Waals surface area contributed by atoms with E-state index in [9.17, 15) is 8.42 Å². The highest BCUT2D eigenvalue weighted by Gasteiger charge is 2.31. The van der Waals surface area contributed by atoms with Crippen LogP contribution in [0.1, 0.15) is 0 Å². The van der Waals surface area contributed by atoms with Gasteiger partial charge in [-0.15, -0.1) is 0 Å². The summed E-state index contributed by atoms with van der Waals surface area (Å²) < 4.78 is 43.3. The van der Waals surface area contributed by atoms with E-state index in [1.165, 1.54) is 12.1 Å². The lowest BCUT2D eigenvalue weighted by Gasteiger charge is -2.18.